The van der Waals surface area contributed by atoms with E-state index in [2.05, 4.69) is 29.4 Å². The number of hydrogen-bond donors (Lipinski definition) is 1. The highest BCUT2D eigenvalue weighted by Gasteiger charge is 2.13. The lowest BCUT2D eigenvalue weighted by Gasteiger charge is -2.07. The molecule has 1 unspecified atom stereocenters. The van der Waals surface area contributed by atoms with Crippen molar-refractivity contribution in [3.63, 3.8) is 0 Å². The molecule has 0 bridgehead atoms. The molecular formula is C14H19N3O2S. The standard InChI is InChI=1S/C14H19N3O2S/c1-5-15-9(2)13-16-17-14(20-13)10-6-11(18-3)8-12(7-10)19-4/h6-9,15H,5H2,1-4H3. The smallest absolute Gasteiger partial charge is 0.148 e. The highest BCUT2D eigenvalue weighted by molar-refractivity contribution is 7.14. The normalized spacial score (nSPS) is 12.2. The molecule has 6 heteroatoms. The van der Waals surface area contributed by atoms with E-state index in [1.807, 2.05) is 18.2 Å². The minimum atomic E-state index is 0.207. The number of nitrogens with one attached hydrogen (secondary N) is 1. The number of methoxy groups -OCH3 is 2. The molecule has 0 aliphatic heterocycles. The zero-order valence-corrected chi connectivity index (χ0v) is 13.0. The van der Waals surface area contributed by atoms with Crippen LogP contribution in [0.3, 0.4) is 0 Å². The average molecular weight is 293 g/mol. The predicted molar refractivity (Wildman–Crippen MR) is 80.5 cm³/mol. The Hall–Kier alpha value is -1.66. The van der Waals surface area contributed by atoms with Gasteiger partial charge >= 0.3 is 0 Å². The van der Waals surface area contributed by atoms with E-state index in [0.29, 0.717) is 0 Å². The second-order valence-corrected chi connectivity index (χ2v) is 5.34. The molecule has 2 aromatic rings. The highest BCUT2D eigenvalue weighted by atomic mass is 32.1. The molecule has 1 aromatic carbocycles. The maximum absolute atomic E-state index is 5.28. The molecule has 0 radical (unpaired) electrons. The summed E-state index contributed by atoms with van der Waals surface area (Å²) >= 11 is 1.58. The molecule has 1 atom stereocenters. The van der Waals surface area contributed by atoms with Crippen LogP contribution in [0, 0.1) is 0 Å². The van der Waals surface area contributed by atoms with Crippen molar-refractivity contribution in [3.8, 4) is 22.1 Å². The van der Waals surface area contributed by atoms with E-state index < -0.39 is 0 Å². The lowest BCUT2D eigenvalue weighted by atomic mass is 10.2. The summed E-state index contributed by atoms with van der Waals surface area (Å²) in [6.45, 7) is 5.06. The molecule has 0 aliphatic carbocycles. The second kappa shape index (κ2) is 6.67. The van der Waals surface area contributed by atoms with Crippen molar-refractivity contribution < 1.29 is 9.47 Å². The zero-order valence-electron chi connectivity index (χ0n) is 12.1. The van der Waals surface area contributed by atoms with Crippen LogP contribution in [0.15, 0.2) is 18.2 Å². The van der Waals surface area contributed by atoms with Crippen LogP contribution in [0.25, 0.3) is 10.6 Å². The number of benzene rings is 1. The Balaban J connectivity index is 2.31. The van der Waals surface area contributed by atoms with E-state index in [1.165, 1.54) is 0 Å². The number of ether oxygens (including phenoxy) is 2. The van der Waals surface area contributed by atoms with Gasteiger partial charge in [-0.1, -0.05) is 18.3 Å². The summed E-state index contributed by atoms with van der Waals surface area (Å²) < 4.78 is 10.6. The Morgan fingerprint density at radius 1 is 1.15 bits per heavy atom. The first-order valence-electron chi connectivity index (χ1n) is 6.48. The summed E-state index contributed by atoms with van der Waals surface area (Å²) in [7, 11) is 3.27. The van der Waals surface area contributed by atoms with Crippen LogP contribution in [0.5, 0.6) is 11.5 Å². The topological polar surface area (TPSA) is 56.3 Å². The van der Waals surface area contributed by atoms with E-state index in [4.69, 9.17) is 9.47 Å². The maximum Gasteiger partial charge on any atom is 0.148 e. The summed E-state index contributed by atoms with van der Waals surface area (Å²) in [4.78, 5) is 0. The molecular weight excluding hydrogens is 274 g/mol. The van der Waals surface area contributed by atoms with E-state index in [1.54, 1.807) is 25.6 Å². The lowest BCUT2D eigenvalue weighted by Crippen LogP contribution is -2.17. The van der Waals surface area contributed by atoms with Crippen LogP contribution in [0.2, 0.25) is 0 Å². The molecule has 2 rings (SSSR count). The summed E-state index contributed by atoms with van der Waals surface area (Å²) in [6, 6.07) is 5.92. The number of nitrogens with zero attached hydrogens (tertiary/aromatic N) is 2. The van der Waals surface area contributed by atoms with Gasteiger partial charge in [-0.3, -0.25) is 0 Å². The molecule has 1 N–H and O–H groups in total. The van der Waals surface area contributed by atoms with Crippen LogP contribution in [-0.4, -0.2) is 31.0 Å². The third-order valence-electron chi connectivity index (χ3n) is 2.92. The average Bonchev–Trinajstić information content (AvgIpc) is 2.97. The van der Waals surface area contributed by atoms with Gasteiger partial charge in [0.25, 0.3) is 0 Å². The van der Waals surface area contributed by atoms with Crippen LogP contribution in [0.1, 0.15) is 24.9 Å². The SMILES string of the molecule is CCNC(C)c1nnc(-c2cc(OC)cc(OC)c2)s1. The van der Waals surface area contributed by atoms with Gasteiger partial charge in [0.1, 0.15) is 21.5 Å². The zero-order chi connectivity index (χ0) is 14.5. The Morgan fingerprint density at radius 3 is 2.35 bits per heavy atom. The monoisotopic (exact) mass is 293 g/mol. The molecule has 1 aromatic heterocycles. The molecule has 0 fully saturated rings. The molecule has 0 amide bonds. The largest absolute Gasteiger partial charge is 0.497 e. The van der Waals surface area contributed by atoms with Gasteiger partial charge in [-0.2, -0.15) is 0 Å². The van der Waals surface area contributed by atoms with Gasteiger partial charge in [0.05, 0.1) is 20.3 Å². The molecule has 0 saturated carbocycles. The van der Waals surface area contributed by atoms with Crippen molar-refractivity contribution in [2.24, 2.45) is 0 Å². The third kappa shape index (κ3) is 3.26. The van der Waals surface area contributed by atoms with Gasteiger partial charge in [0, 0.05) is 11.6 Å². The molecule has 1 heterocycles. The number of rotatable bonds is 6. The lowest BCUT2D eigenvalue weighted by molar-refractivity contribution is 0.394. The number of aromatic nitrogens is 2. The van der Waals surface area contributed by atoms with Crippen LogP contribution in [0.4, 0.5) is 0 Å². The van der Waals surface area contributed by atoms with E-state index in [-0.39, 0.29) is 6.04 Å². The van der Waals surface area contributed by atoms with Gasteiger partial charge in [-0.15, -0.1) is 10.2 Å². The molecule has 0 aliphatic rings. The molecule has 20 heavy (non-hydrogen) atoms. The molecule has 108 valence electrons. The predicted octanol–water partition coefficient (Wildman–Crippen LogP) is 2.89. The van der Waals surface area contributed by atoms with Crippen molar-refractivity contribution in [3.05, 3.63) is 23.2 Å². The Bertz CT molecular complexity index is 549. The van der Waals surface area contributed by atoms with E-state index >= 15 is 0 Å². The van der Waals surface area contributed by atoms with Gasteiger partial charge < -0.3 is 14.8 Å². The van der Waals surface area contributed by atoms with Gasteiger partial charge in [0.15, 0.2) is 0 Å². The van der Waals surface area contributed by atoms with Crippen molar-refractivity contribution >= 4 is 11.3 Å². The first kappa shape index (κ1) is 14.7. The summed E-state index contributed by atoms with van der Waals surface area (Å²) in [6.07, 6.45) is 0. The minimum absolute atomic E-state index is 0.207. The molecule has 0 spiro atoms. The van der Waals surface area contributed by atoms with Crippen molar-refractivity contribution in [2.45, 2.75) is 19.9 Å². The van der Waals surface area contributed by atoms with Crippen LogP contribution < -0.4 is 14.8 Å². The highest BCUT2D eigenvalue weighted by Crippen LogP contribution is 2.32. The van der Waals surface area contributed by atoms with Gasteiger partial charge in [-0.25, -0.2) is 0 Å². The first-order chi connectivity index (χ1) is 9.67. The Kier molecular flexibility index (Phi) is 4.92. The van der Waals surface area contributed by atoms with Crippen molar-refractivity contribution in [1.82, 2.24) is 15.5 Å². The van der Waals surface area contributed by atoms with E-state index in [0.717, 1.165) is 33.6 Å². The van der Waals surface area contributed by atoms with Gasteiger partial charge in [0.2, 0.25) is 0 Å². The first-order valence-corrected chi connectivity index (χ1v) is 7.29. The Morgan fingerprint density at radius 2 is 1.80 bits per heavy atom. The summed E-state index contributed by atoms with van der Waals surface area (Å²) in [5.41, 5.74) is 0.952. The fraction of sp³-hybridized carbons (Fsp3) is 0.429. The second-order valence-electron chi connectivity index (χ2n) is 4.33. The van der Waals surface area contributed by atoms with Crippen LogP contribution in [-0.2, 0) is 0 Å². The minimum Gasteiger partial charge on any atom is -0.497 e. The third-order valence-corrected chi connectivity index (χ3v) is 4.07. The number of hydrogen-bond acceptors (Lipinski definition) is 6. The molecule has 5 nitrogen and oxygen atoms in total. The van der Waals surface area contributed by atoms with E-state index in [9.17, 15) is 0 Å². The quantitative estimate of drug-likeness (QED) is 0.887. The Labute approximate surface area is 123 Å². The fourth-order valence-electron chi connectivity index (χ4n) is 1.85. The fourth-order valence-corrected chi connectivity index (χ4v) is 2.71. The van der Waals surface area contributed by atoms with Gasteiger partial charge in [-0.05, 0) is 25.6 Å². The summed E-state index contributed by atoms with van der Waals surface area (Å²) in [5, 5.41) is 13.7. The van der Waals surface area contributed by atoms with Crippen molar-refractivity contribution in [1.29, 1.82) is 0 Å². The van der Waals surface area contributed by atoms with Crippen molar-refractivity contribution in [2.75, 3.05) is 20.8 Å². The maximum atomic E-state index is 5.28. The molecule has 0 saturated heterocycles. The van der Waals surface area contributed by atoms with Crippen LogP contribution >= 0.6 is 11.3 Å². The summed E-state index contributed by atoms with van der Waals surface area (Å²) in [5.74, 6) is 1.49.